The first-order valence-corrected chi connectivity index (χ1v) is 11.8. The molecule has 0 saturated heterocycles. The van der Waals surface area contributed by atoms with Gasteiger partial charge >= 0.3 is 5.97 Å². The van der Waals surface area contributed by atoms with Crippen LogP contribution in [0.1, 0.15) is 15.2 Å². The average molecular weight is 525 g/mol. The van der Waals surface area contributed by atoms with Gasteiger partial charge in [-0.05, 0) is 54.1 Å². The fourth-order valence-corrected chi connectivity index (χ4v) is 4.56. The maximum atomic E-state index is 12.8. The predicted octanol–water partition coefficient (Wildman–Crippen LogP) is 5.32. The Kier molecular flexibility index (Phi) is 8.04. The van der Waals surface area contributed by atoms with Gasteiger partial charge in [0.15, 0.2) is 18.1 Å². The van der Waals surface area contributed by atoms with Crippen molar-refractivity contribution in [1.82, 2.24) is 5.43 Å². The first-order chi connectivity index (χ1) is 17.5. The van der Waals surface area contributed by atoms with Crippen LogP contribution in [0.3, 0.4) is 0 Å². The third-order valence-corrected chi connectivity index (χ3v) is 6.60. The first kappa shape index (κ1) is 25.0. The second-order valence-corrected chi connectivity index (χ2v) is 8.73. The summed E-state index contributed by atoms with van der Waals surface area (Å²) in [7, 11) is 3.03. The van der Waals surface area contributed by atoms with E-state index in [9.17, 15) is 9.59 Å². The quantitative estimate of drug-likeness (QED) is 0.138. The standard InChI is InChI=1S/C26H21ClN2O6S/c1-32-17-8-10-18(11-9-17)34-15-23(30)29-28-14-16-7-12-20(21(13-16)33-2)35-26(31)25-24(27)19-5-3-4-6-22(19)36-25/h3-14H,15H2,1-2H3,(H,29,30). The van der Waals surface area contributed by atoms with Crippen LogP contribution in [0.4, 0.5) is 0 Å². The summed E-state index contributed by atoms with van der Waals surface area (Å²) in [4.78, 5) is 25.1. The smallest absolute Gasteiger partial charge is 0.355 e. The van der Waals surface area contributed by atoms with Crippen molar-refractivity contribution in [1.29, 1.82) is 0 Å². The lowest BCUT2D eigenvalue weighted by Gasteiger charge is -2.09. The molecule has 0 aliphatic carbocycles. The van der Waals surface area contributed by atoms with E-state index in [2.05, 4.69) is 10.5 Å². The summed E-state index contributed by atoms with van der Waals surface area (Å²) >= 11 is 7.64. The molecule has 1 aromatic heterocycles. The van der Waals surface area contributed by atoms with Crippen molar-refractivity contribution in [3.8, 4) is 23.0 Å². The maximum Gasteiger partial charge on any atom is 0.355 e. The van der Waals surface area contributed by atoms with E-state index in [0.717, 1.165) is 10.1 Å². The van der Waals surface area contributed by atoms with Crippen LogP contribution in [0.25, 0.3) is 10.1 Å². The Morgan fingerprint density at radius 1 is 0.972 bits per heavy atom. The van der Waals surface area contributed by atoms with Gasteiger partial charge in [0.05, 0.1) is 25.5 Å². The molecule has 0 fully saturated rings. The van der Waals surface area contributed by atoms with Crippen molar-refractivity contribution in [2.75, 3.05) is 20.8 Å². The molecule has 184 valence electrons. The summed E-state index contributed by atoms with van der Waals surface area (Å²) in [5.41, 5.74) is 3.00. The molecule has 0 radical (unpaired) electrons. The Balaban J connectivity index is 1.35. The number of nitrogens with zero attached hydrogens (tertiary/aromatic N) is 1. The van der Waals surface area contributed by atoms with Crippen LogP contribution in [0.2, 0.25) is 5.02 Å². The fourth-order valence-electron chi connectivity index (χ4n) is 3.17. The highest BCUT2D eigenvalue weighted by Gasteiger charge is 2.20. The molecule has 0 unspecified atom stereocenters. The van der Waals surface area contributed by atoms with E-state index in [1.807, 2.05) is 24.3 Å². The van der Waals surface area contributed by atoms with Crippen LogP contribution >= 0.6 is 22.9 Å². The van der Waals surface area contributed by atoms with Crippen LogP contribution in [-0.2, 0) is 4.79 Å². The molecule has 0 spiro atoms. The Morgan fingerprint density at radius 2 is 1.72 bits per heavy atom. The van der Waals surface area contributed by atoms with Gasteiger partial charge in [-0.2, -0.15) is 5.10 Å². The molecule has 8 nitrogen and oxygen atoms in total. The topological polar surface area (TPSA) is 95.5 Å². The molecule has 1 heterocycles. The third-order valence-electron chi connectivity index (χ3n) is 4.94. The van der Waals surface area contributed by atoms with Crippen molar-refractivity contribution in [2.45, 2.75) is 0 Å². The number of ether oxygens (including phenoxy) is 4. The molecule has 10 heteroatoms. The molecule has 36 heavy (non-hydrogen) atoms. The Labute approximate surface area is 216 Å². The van der Waals surface area contributed by atoms with Crippen LogP contribution < -0.4 is 24.4 Å². The van der Waals surface area contributed by atoms with Crippen molar-refractivity contribution in [3.05, 3.63) is 82.2 Å². The number of thiophene rings is 1. The average Bonchev–Trinajstić information content (AvgIpc) is 3.25. The number of nitrogens with one attached hydrogen (secondary N) is 1. The van der Waals surface area contributed by atoms with Crippen LogP contribution in [0.15, 0.2) is 71.8 Å². The van der Waals surface area contributed by atoms with E-state index in [0.29, 0.717) is 32.7 Å². The van der Waals surface area contributed by atoms with Gasteiger partial charge in [0.25, 0.3) is 5.91 Å². The summed E-state index contributed by atoms with van der Waals surface area (Å²) in [5.74, 6) is 0.756. The van der Waals surface area contributed by atoms with Crippen LogP contribution in [0, 0.1) is 0 Å². The summed E-state index contributed by atoms with van der Waals surface area (Å²) < 4.78 is 22.3. The minimum absolute atomic E-state index is 0.206. The number of halogens is 1. The maximum absolute atomic E-state index is 12.8. The molecule has 3 aromatic carbocycles. The Bertz CT molecular complexity index is 1420. The first-order valence-electron chi connectivity index (χ1n) is 10.6. The zero-order valence-corrected chi connectivity index (χ0v) is 20.9. The van der Waals surface area contributed by atoms with Gasteiger partial charge in [-0.25, -0.2) is 10.2 Å². The van der Waals surface area contributed by atoms with Gasteiger partial charge < -0.3 is 18.9 Å². The number of methoxy groups -OCH3 is 2. The molecular formula is C26H21ClN2O6S. The monoisotopic (exact) mass is 524 g/mol. The molecule has 1 N–H and O–H groups in total. The lowest BCUT2D eigenvalue weighted by molar-refractivity contribution is -0.123. The van der Waals surface area contributed by atoms with Gasteiger partial charge in [0.1, 0.15) is 16.4 Å². The van der Waals surface area contributed by atoms with Gasteiger partial charge in [-0.15, -0.1) is 11.3 Å². The summed E-state index contributed by atoms with van der Waals surface area (Å²) in [6.45, 7) is -0.206. The van der Waals surface area contributed by atoms with E-state index < -0.39 is 11.9 Å². The second kappa shape index (κ2) is 11.6. The largest absolute Gasteiger partial charge is 0.497 e. The predicted molar refractivity (Wildman–Crippen MR) is 139 cm³/mol. The zero-order valence-electron chi connectivity index (χ0n) is 19.3. The Morgan fingerprint density at radius 3 is 2.44 bits per heavy atom. The third kappa shape index (κ3) is 5.94. The molecule has 0 aliphatic heterocycles. The highest BCUT2D eigenvalue weighted by Crippen LogP contribution is 2.37. The second-order valence-electron chi connectivity index (χ2n) is 7.30. The molecular weight excluding hydrogens is 504 g/mol. The Hall–Kier alpha value is -4.08. The fraction of sp³-hybridized carbons (Fsp3) is 0.115. The molecule has 4 rings (SSSR count). The molecule has 0 aliphatic rings. The normalized spacial score (nSPS) is 10.9. The zero-order chi connectivity index (χ0) is 25.5. The van der Waals surface area contributed by atoms with Crippen molar-refractivity contribution < 1.29 is 28.5 Å². The highest BCUT2D eigenvalue weighted by atomic mass is 35.5. The molecule has 0 bridgehead atoms. The van der Waals surface area contributed by atoms with Gasteiger partial charge in [-0.1, -0.05) is 29.8 Å². The highest BCUT2D eigenvalue weighted by molar-refractivity contribution is 7.21. The van der Waals surface area contributed by atoms with E-state index in [1.54, 1.807) is 49.6 Å². The number of rotatable bonds is 9. The van der Waals surface area contributed by atoms with Crippen molar-refractivity contribution in [2.24, 2.45) is 5.10 Å². The van der Waals surface area contributed by atoms with Crippen LogP contribution in [0.5, 0.6) is 23.0 Å². The van der Waals surface area contributed by atoms with Crippen LogP contribution in [-0.4, -0.2) is 38.9 Å². The summed E-state index contributed by atoms with van der Waals surface area (Å²) in [6, 6.07) is 19.2. The van der Waals surface area contributed by atoms with Crippen molar-refractivity contribution in [3.63, 3.8) is 0 Å². The summed E-state index contributed by atoms with van der Waals surface area (Å²) in [6.07, 6.45) is 1.43. The number of esters is 1. The SMILES string of the molecule is COc1ccc(OCC(=O)NN=Cc2ccc(OC(=O)c3sc4ccccc4c3Cl)c(OC)c2)cc1. The molecule has 0 saturated carbocycles. The van der Waals surface area contributed by atoms with Crippen molar-refractivity contribution >= 4 is 51.1 Å². The van der Waals surface area contributed by atoms with E-state index >= 15 is 0 Å². The van der Waals surface area contributed by atoms with Gasteiger partial charge in [-0.3, -0.25) is 4.79 Å². The molecule has 0 atom stereocenters. The number of benzene rings is 3. The lowest BCUT2D eigenvalue weighted by atomic mass is 10.2. The molecule has 1 amide bonds. The number of fused-ring (bicyclic) bond motifs is 1. The molecule has 4 aromatic rings. The number of hydrogen-bond donors (Lipinski definition) is 1. The number of amides is 1. The summed E-state index contributed by atoms with van der Waals surface area (Å²) in [5, 5.41) is 5.08. The number of carbonyl (C=O) groups is 2. The lowest BCUT2D eigenvalue weighted by Crippen LogP contribution is -2.24. The van der Waals surface area contributed by atoms with E-state index in [-0.39, 0.29) is 12.4 Å². The van der Waals surface area contributed by atoms with E-state index in [4.69, 9.17) is 30.5 Å². The van der Waals surface area contributed by atoms with E-state index in [1.165, 1.54) is 24.7 Å². The minimum atomic E-state index is -0.579. The number of hydrazone groups is 1. The number of carbonyl (C=O) groups excluding carboxylic acids is 2. The van der Waals surface area contributed by atoms with Gasteiger partial charge in [0, 0.05) is 10.1 Å². The minimum Gasteiger partial charge on any atom is -0.497 e. The van der Waals surface area contributed by atoms with Gasteiger partial charge in [0.2, 0.25) is 0 Å². The number of hydrogen-bond acceptors (Lipinski definition) is 8.